The van der Waals surface area contributed by atoms with Gasteiger partial charge in [0, 0.05) is 12.8 Å². The van der Waals surface area contributed by atoms with Crippen molar-refractivity contribution in [1.29, 1.82) is 0 Å². The maximum atomic E-state index is 12.7. The summed E-state index contributed by atoms with van der Waals surface area (Å²) in [5.41, 5.74) is 0. The largest absolute Gasteiger partial charge is 0.756 e. The number of hydrogen-bond acceptors (Lipinski definition) is 8. The molecular formula is C56H96NO8P. The second-order valence-electron chi connectivity index (χ2n) is 18.2. The molecule has 2 atom stereocenters. The number of likely N-dealkylation sites (N-methyl/N-ethyl adjacent to an activating group) is 1. The third kappa shape index (κ3) is 50.3. The van der Waals surface area contributed by atoms with Gasteiger partial charge in [-0.25, -0.2) is 0 Å². The van der Waals surface area contributed by atoms with Crippen LogP contribution in [0.3, 0.4) is 0 Å². The Balaban J connectivity index is 4.13. The normalized spacial score (nSPS) is 14.2. The van der Waals surface area contributed by atoms with Crippen molar-refractivity contribution < 1.29 is 42.1 Å². The van der Waals surface area contributed by atoms with Gasteiger partial charge in [-0.15, -0.1) is 0 Å². The first-order valence-corrected chi connectivity index (χ1v) is 27.4. The highest BCUT2D eigenvalue weighted by Gasteiger charge is 2.21. The molecule has 0 aromatic rings. The van der Waals surface area contributed by atoms with E-state index in [1.54, 1.807) is 0 Å². The van der Waals surface area contributed by atoms with Crippen LogP contribution in [0.5, 0.6) is 0 Å². The Morgan fingerprint density at radius 2 is 0.864 bits per heavy atom. The first-order chi connectivity index (χ1) is 32.0. The van der Waals surface area contributed by atoms with Gasteiger partial charge in [-0.05, 0) is 77.0 Å². The molecule has 0 aliphatic heterocycles. The predicted octanol–water partition coefficient (Wildman–Crippen LogP) is 15.1. The molecule has 0 saturated carbocycles. The molecule has 66 heavy (non-hydrogen) atoms. The fraction of sp³-hybridized carbons (Fsp3) is 0.679. The minimum Gasteiger partial charge on any atom is -0.756 e. The first kappa shape index (κ1) is 62.9. The van der Waals surface area contributed by atoms with Gasteiger partial charge in [0.05, 0.1) is 27.7 Å². The third-order valence-corrected chi connectivity index (χ3v) is 11.6. The number of quaternary nitrogens is 1. The van der Waals surface area contributed by atoms with Gasteiger partial charge in [0.2, 0.25) is 0 Å². The molecule has 378 valence electrons. The molecule has 0 heterocycles. The van der Waals surface area contributed by atoms with Crippen molar-refractivity contribution in [3.05, 3.63) is 97.2 Å². The Morgan fingerprint density at radius 1 is 0.485 bits per heavy atom. The first-order valence-electron chi connectivity index (χ1n) is 25.9. The summed E-state index contributed by atoms with van der Waals surface area (Å²) < 4.78 is 33.9. The standard InChI is InChI=1S/C56H96NO8P/c1-6-8-10-12-14-16-17-18-19-20-21-22-23-24-25-26-27-28-29-30-31-32-33-34-35-36-37-38-39-41-43-45-47-49-56(59)65-54(53-64-66(60,61)63-51-50-57(3,4)5)52-62-55(58)48-46-44-42-40-15-13-11-9-7-2/h8,10,14,16,18-19,21-22,24-25,27-28,30-31,33-34,54H,6-7,9,11-13,15,17,20,23,26,29,32,35-53H2,1-5H3/b10-8-,16-14-,19-18-,22-21-,25-24-,28-27-,31-30-,34-33-. The summed E-state index contributed by atoms with van der Waals surface area (Å²) in [5.74, 6) is -0.852. The SMILES string of the molecule is CC/C=C\C/C=C\C/C=C\C/C=C\C/C=C\C/C=C\C/C=C\C/C=C\CCCCCCCCCCC(=O)OC(COC(=O)CCCCCCCCCCC)COP(=O)([O-])OCC[N+](C)(C)C. The Labute approximate surface area is 404 Å². The van der Waals surface area contributed by atoms with Crippen molar-refractivity contribution in [3.63, 3.8) is 0 Å². The van der Waals surface area contributed by atoms with Crippen LogP contribution in [0.15, 0.2) is 97.2 Å². The highest BCUT2D eigenvalue weighted by molar-refractivity contribution is 7.45. The van der Waals surface area contributed by atoms with E-state index in [4.69, 9.17) is 18.5 Å². The molecule has 0 spiro atoms. The smallest absolute Gasteiger partial charge is 0.306 e. The maximum absolute atomic E-state index is 12.7. The zero-order valence-corrected chi connectivity index (χ0v) is 43.5. The van der Waals surface area contributed by atoms with Crippen molar-refractivity contribution in [3.8, 4) is 0 Å². The molecule has 0 radical (unpaired) electrons. The number of allylic oxidation sites excluding steroid dienone is 16. The number of phosphoric ester groups is 1. The highest BCUT2D eigenvalue weighted by Crippen LogP contribution is 2.38. The molecule has 0 aromatic carbocycles. The van der Waals surface area contributed by atoms with Crippen molar-refractivity contribution in [1.82, 2.24) is 0 Å². The zero-order valence-electron chi connectivity index (χ0n) is 42.6. The van der Waals surface area contributed by atoms with E-state index in [2.05, 4.69) is 111 Å². The van der Waals surface area contributed by atoms with E-state index in [1.165, 1.54) is 64.2 Å². The van der Waals surface area contributed by atoms with Crippen molar-refractivity contribution in [2.75, 3.05) is 47.5 Å². The molecule has 2 unspecified atom stereocenters. The van der Waals surface area contributed by atoms with E-state index in [0.29, 0.717) is 17.4 Å². The van der Waals surface area contributed by atoms with Crippen LogP contribution < -0.4 is 4.89 Å². The number of hydrogen-bond donors (Lipinski definition) is 0. The topological polar surface area (TPSA) is 111 Å². The van der Waals surface area contributed by atoms with Crippen molar-refractivity contribution in [2.45, 2.75) is 200 Å². The Bertz CT molecular complexity index is 1440. The summed E-state index contributed by atoms with van der Waals surface area (Å²) in [6.45, 7) is 4.07. The lowest BCUT2D eigenvalue weighted by Crippen LogP contribution is -2.37. The van der Waals surface area contributed by atoms with Gasteiger partial charge in [-0.1, -0.05) is 201 Å². The molecule has 0 N–H and O–H groups in total. The summed E-state index contributed by atoms with van der Waals surface area (Å²) in [6, 6.07) is 0. The number of unbranched alkanes of at least 4 members (excludes halogenated alkanes) is 16. The molecule has 0 bridgehead atoms. The van der Waals surface area contributed by atoms with Gasteiger partial charge in [0.25, 0.3) is 7.82 Å². The number of esters is 2. The third-order valence-electron chi connectivity index (χ3n) is 10.6. The Hall–Kier alpha value is -3.07. The zero-order chi connectivity index (χ0) is 48.5. The Morgan fingerprint density at radius 3 is 1.29 bits per heavy atom. The second kappa shape index (κ2) is 47.0. The predicted molar refractivity (Wildman–Crippen MR) is 277 cm³/mol. The second-order valence-corrected chi connectivity index (χ2v) is 19.6. The number of ether oxygens (including phenoxy) is 2. The summed E-state index contributed by atoms with van der Waals surface area (Å²) in [7, 11) is 1.15. The average molecular weight is 942 g/mol. The number of rotatable bonds is 46. The fourth-order valence-electron chi connectivity index (χ4n) is 6.61. The molecule has 9 nitrogen and oxygen atoms in total. The van der Waals surface area contributed by atoms with Gasteiger partial charge in [-0.2, -0.15) is 0 Å². The van der Waals surface area contributed by atoms with E-state index in [1.807, 2.05) is 21.1 Å². The molecule has 0 amide bonds. The molecule has 0 aliphatic carbocycles. The molecule has 10 heteroatoms. The van der Waals surface area contributed by atoms with Crippen LogP contribution in [0.1, 0.15) is 194 Å². The van der Waals surface area contributed by atoms with Crippen molar-refractivity contribution >= 4 is 19.8 Å². The minimum atomic E-state index is -4.63. The van der Waals surface area contributed by atoms with Crippen LogP contribution in [0.25, 0.3) is 0 Å². The van der Waals surface area contributed by atoms with Gasteiger partial charge < -0.3 is 27.9 Å². The number of nitrogens with zero attached hydrogens (tertiary/aromatic N) is 1. The number of phosphoric acid groups is 1. The lowest BCUT2D eigenvalue weighted by atomic mass is 10.1. The van der Waals surface area contributed by atoms with Gasteiger partial charge in [-0.3, -0.25) is 14.2 Å². The Kier molecular flexibility index (Phi) is 44.8. The average Bonchev–Trinajstić information content (AvgIpc) is 3.27. The number of carbonyl (C=O) groups is 2. The molecular weight excluding hydrogens is 846 g/mol. The van der Waals surface area contributed by atoms with Crippen LogP contribution in [-0.4, -0.2) is 70.0 Å². The lowest BCUT2D eigenvalue weighted by Gasteiger charge is -2.28. The number of carbonyl (C=O) groups excluding carboxylic acids is 2. The molecule has 0 aliphatic rings. The van der Waals surface area contributed by atoms with Crippen LogP contribution >= 0.6 is 7.82 Å². The van der Waals surface area contributed by atoms with Crippen LogP contribution in [-0.2, 0) is 32.7 Å². The van der Waals surface area contributed by atoms with Gasteiger partial charge in [0.1, 0.15) is 19.8 Å². The summed E-state index contributed by atoms with van der Waals surface area (Å²) >= 11 is 0. The summed E-state index contributed by atoms with van der Waals surface area (Å²) in [6.07, 6.45) is 63.2. The van der Waals surface area contributed by atoms with Gasteiger partial charge >= 0.3 is 11.9 Å². The fourth-order valence-corrected chi connectivity index (χ4v) is 7.34. The minimum absolute atomic E-state index is 0.0362. The van der Waals surface area contributed by atoms with Gasteiger partial charge in [0.15, 0.2) is 6.10 Å². The highest BCUT2D eigenvalue weighted by atomic mass is 31.2. The van der Waals surface area contributed by atoms with Crippen LogP contribution in [0, 0.1) is 0 Å². The maximum Gasteiger partial charge on any atom is 0.306 e. The van der Waals surface area contributed by atoms with Crippen LogP contribution in [0.4, 0.5) is 0 Å². The lowest BCUT2D eigenvalue weighted by molar-refractivity contribution is -0.870. The molecule has 0 aromatic heterocycles. The van der Waals surface area contributed by atoms with Crippen molar-refractivity contribution in [2.24, 2.45) is 0 Å². The van der Waals surface area contributed by atoms with E-state index in [-0.39, 0.29) is 26.1 Å². The molecule has 0 fully saturated rings. The summed E-state index contributed by atoms with van der Waals surface area (Å²) in [4.78, 5) is 37.5. The monoisotopic (exact) mass is 942 g/mol. The van der Waals surface area contributed by atoms with Crippen LogP contribution in [0.2, 0.25) is 0 Å². The molecule has 0 rings (SSSR count). The van der Waals surface area contributed by atoms with E-state index < -0.39 is 32.5 Å². The molecule has 0 saturated heterocycles. The van der Waals surface area contributed by atoms with E-state index in [0.717, 1.165) is 96.3 Å². The quantitative estimate of drug-likeness (QED) is 0.0195. The summed E-state index contributed by atoms with van der Waals surface area (Å²) in [5, 5.41) is 0. The van der Waals surface area contributed by atoms with E-state index in [9.17, 15) is 19.0 Å². The van der Waals surface area contributed by atoms with E-state index >= 15 is 0 Å².